The maximum Gasteiger partial charge on any atom is 0.255 e. The van der Waals surface area contributed by atoms with Gasteiger partial charge in [-0.25, -0.2) is 0 Å². The number of Topliss-reactive ketones (excluding diaryl/α,β-unsaturated/α-hetero) is 2. The molecular formula is C22H24N2O8. The van der Waals surface area contributed by atoms with E-state index in [4.69, 9.17) is 5.73 Å². The van der Waals surface area contributed by atoms with Gasteiger partial charge in [-0.15, -0.1) is 0 Å². The molecule has 0 heterocycles. The van der Waals surface area contributed by atoms with E-state index in [0.29, 0.717) is 5.56 Å². The van der Waals surface area contributed by atoms with Gasteiger partial charge in [0.15, 0.2) is 11.4 Å². The number of benzene rings is 1. The summed E-state index contributed by atoms with van der Waals surface area (Å²) >= 11 is 0. The summed E-state index contributed by atoms with van der Waals surface area (Å²) in [6.45, 7) is 1.68. The Morgan fingerprint density at radius 2 is 1.78 bits per heavy atom. The van der Waals surface area contributed by atoms with Crippen LogP contribution in [-0.2, 0) is 14.4 Å². The Morgan fingerprint density at radius 1 is 1.16 bits per heavy atom. The summed E-state index contributed by atoms with van der Waals surface area (Å²) in [6, 6.07) is 3.13. The Bertz CT molecular complexity index is 1140. The molecule has 3 aliphatic rings. The van der Waals surface area contributed by atoms with Gasteiger partial charge in [0.2, 0.25) is 5.78 Å². The highest BCUT2D eigenvalue weighted by Crippen LogP contribution is 2.55. The van der Waals surface area contributed by atoms with E-state index >= 15 is 0 Å². The van der Waals surface area contributed by atoms with Crippen molar-refractivity contribution >= 4 is 23.2 Å². The molecule has 10 heteroatoms. The number of phenols is 1. The minimum Gasteiger partial charge on any atom is -0.508 e. The van der Waals surface area contributed by atoms with Gasteiger partial charge in [0.05, 0.1) is 23.6 Å². The van der Waals surface area contributed by atoms with Crippen molar-refractivity contribution in [3.63, 3.8) is 0 Å². The summed E-state index contributed by atoms with van der Waals surface area (Å²) in [7, 11) is 2.92. The number of primary amides is 1. The van der Waals surface area contributed by atoms with Gasteiger partial charge < -0.3 is 31.3 Å². The first kappa shape index (κ1) is 22.0. The van der Waals surface area contributed by atoms with Gasteiger partial charge in [-0.3, -0.25) is 19.3 Å². The molecule has 3 aliphatic carbocycles. The first-order chi connectivity index (χ1) is 14.9. The van der Waals surface area contributed by atoms with Gasteiger partial charge in [0.25, 0.3) is 5.91 Å². The van der Waals surface area contributed by atoms with Gasteiger partial charge >= 0.3 is 0 Å². The molecule has 0 unspecified atom stereocenters. The molecular weight excluding hydrogens is 420 g/mol. The Kier molecular flexibility index (Phi) is 4.74. The van der Waals surface area contributed by atoms with Crippen molar-refractivity contribution in [3.05, 3.63) is 46.2 Å². The molecule has 1 fully saturated rings. The number of carbonyl (C=O) groups is 3. The number of nitrogens with zero attached hydrogens (tertiary/aromatic N) is 1. The predicted molar refractivity (Wildman–Crippen MR) is 110 cm³/mol. The second-order valence-corrected chi connectivity index (χ2v) is 8.79. The van der Waals surface area contributed by atoms with Crippen molar-refractivity contribution in [2.75, 3.05) is 14.1 Å². The van der Waals surface area contributed by atoms with Crippen LogP contribution in [-0.4, -0.2) is 79.7 Å². The molecule has 4 rings (SSSR count). The molecule has 0 aromatic heterocycles. The van der Waals surface area contributed by atoms with Crippen molar-refractivity contribution in [1.82, 2.24) is 4.90 Å². The standard InChI is InChI=1S/C22H24N2O8/c1-7-8-5-4-6-9(25)11(8)16(26)12-10(7)17(27)14-15(24(2)3)18(28)13(21(23)31)20(30)22(14,32)19(12)29/h4-7,10,14-15,17,25-27,30,32H,1-3H3,(H2,23,31)/t7-,10+,14+,15+,17+,22+/m1/s1. The van der Waals surface area contributed by atoms with E-state index in [9.17, 15) is 39.9 Å². The number of likely N-dealkylation sites (N-methyl/N-ethyl adjacent to an activating group) is 1. The van der Waals surface area contributed by atoms with Crippen molar-refractivity contribution in [3.8, 4) is 5.75 Å². The molecule has 1 aromatic carbocycles. The minimum absolute atomic E-state index is 0.0245. The number of aromatic hydroxyl groups is 1. The summed E-state index contributed by atoms with van der Waals surface area (Å²) in [5.74, 6) is -8.87. The number of aliphatic hydroxyl groups is 4. The quantitative estimate of drug-likeness (QED) is 0.327. The lowest BCUT2D eigenvalue weighted by Gasteiger charge is -2.53. The van der Waals surface area contributed by atoms with Crippen LogP contribution < -0.4 is 5.73 Å². The van der Waals surface area contributed by atoms with Gasteiger partial charge in [0, 0.05) is 11.5 Å². The predicted octanol–water partition coefficient (Wildman–Crippen LogP) is -0.504. The maximum absolute atomic E-state index is 13.7. The number of nitrogens with two attached hydrogens (primary N) is 1. The van der Waals surface area contributed by atoms with Crippen molar-refractivity contribution in [2.45, 2.75) is 30.6 Å². The van der Waals surface area contributed by atoms with E-state index < -0.39 is 75.6 Å². The van der Waals surface area contributed by atoms with Gasteiger partial charge in [-0.05, 0) is 31.6 Å². The van der Waals surface area contributed by atoms with E-state index in [-0.39, 0.29) is 11.3 Å². The lowest BCUT2D eigenvalue weighted by molar-refractivity contribution is -0.169. The third-order valence-corrected chi connectivity index (χ3v) is 6.99. The molecule has 10 nitrogen and oxygen atoms in total. The Balaban J connectivity index is 2.07. The van der Waals surface area contributed by atoms with Crippen molar-refractivity contribution in [2.24, 2.45) is 17.6 Å². The third kappa shape index (κ3) is 2.48. The summed E-state index contributed by atoms with van der Waals surface area (Å²) in [4.78, 5) is 40.0. The number of phenolic OH excluding ortho intramolecular Hbond substituents is 1. The minimum atomic E-state index is -2.89. The van der Waals surface area contributed by atoms with Crippen LogP contribution in [0.5, 0.6) is 5.75 Å². The molecule has 6 atom stereocenters. The van der Waals surface area contributed by atoms with Gasteiger partial charge in [-0.1, -0.05) is 19.1 Å². The molecule has 32 heavy (non-hydrogen) atoms. The zero-order valence-electron chi connectivity index (χ0n) is 17.6. The van der Waals surface area contributed by atoms with Crippen molar-refractivity contribution in [1.29, 1.82) is 0 Å². The second kappa shape index (κ2) is 6.89. The lowest BCUT2D eigenvalue weighted by Crippen LogP contribution is -2.70. The molecule has 0 bridgehead atoms. The van der Waals surface area contributed by atoms with Crippen LogP contribution in [0.1, 0.15) is 24.0 Å². The lowest BCUT2D eigenvalue weighted by atomic mass is 9.54. The molecule has 1 saturated carbocycles. The van der Waals surface area contributed by atoms with E-state index in [1.165, 1.54) is 25.1 Å². The first-order valence-corrected chi connectivity index (χ1v) is 10.0. The fourth-order valence-corrected chi connectivity index (χ4v) is 5.58. The van der Waals surface area contributed by atoms with Crippen LogP contribution in [0.4, 0.5) is 0 Å². The monoisotopic (exact) mass is 444 g/mol. The zero-order chi connectivity index (χ0) is 23.9. The number of aliphatic hydroxyl groups excluding tert-OH is 3. The highest BCUT2D eigenvalue weighted by Gasteiger charge is 2.68. The van der Waals surface area contributed by atoms with Crippen LogP contribution in [0.15, 0.2) is 35.1 Å². The van der Waals surface area contributed by atoms with Crippen LogP contribution in [0, 0.1) is 11.8 Å². The molecule has 0 radical (unpaired) electrons. The molecule has 0 spiro atoms. The first-order valence-electron chi connectivity index (χ1n) is 10.0. The summed E-state index contributed by atoms with van der Waals surface area (Å²) in [6.07, 6.45) is -1.59. The maximum atomic E-state index is 13.7. The summed E-state index contributed by atoms with van der Waals surface area (Å²) < 4.78 is 0. The molecule has 7 N–H and O–H groups in total. The fraction of sp³-hybridized carbons (Fsp3) is 0.409. The van der Waals surface area contributed by atoms with Crippen LogP contribution in [0.2, 0.25) is 0 Å². The van der Waals surface area contributed by atoms with E-state index in [2.05, 4.69) is 0 Å². The fourth-order valence-electron chi connectivity index (χ4n) is 5.58. The molecule has 0 aliphatic heterocycles. The smallest absolute Gasteiger partial charge is 0.255 e. The molecule has 1 amide bonds. The summed E-state index contributed by atoms with van der Waals surface area (Å²) in [5, 5.41) is 54.9. The SMILES string of the molecule is C[C@@H]1c2cccc(O)c2C(O)=C2C(=O)[C@]3(O)C(O)=C(C(N)=O)C(=O)[C@@H](N(C)C)[C@H]3[C@@H](O)[C@H]21. The number of carbonyl (C=O) groups excluding carboxylic acids is 3. The van der Waals surface area contributed by atoms with Gasteiger partial charge in [-0.2, -0.15) is 0 Å². The van der Waals surface area contributed by atoms with Crippen LogP contribution >= 0.6 is 0 Å². The highest BCUT2D eigenvalue weighted by atomic mass is 16.4. The zero-order valence-corrected chi connectivity index (χ0v) is 17.6. The molecule has 1 aromatic rings. The molecule has 170 valence electrons. The van der Waals surface area contributed by atoms with Crippen LogP contribution in [0.25, 0.3) is 5.76 Å². The van der Waals surface area contributed by atoms with Crippen LogP contribution in [0.3, 0.4) is 0 Å². The number of hydrogen-bond donors (Lipinski definition) is 6. The topological polar surface area (TPSA) is 182 Å². The number of rotatable bonds is 2. The average Bonchev–Trinajstić information content (AvgIpc) is 2.70. The Labute approximate surface area is 182 Å². The van der Waals surface area contributed by atoms with E-state index in [1.807, 2.05) is 0 Å². The van der Waals surface area contributed by atoms with Gasteiger partial charge in [0.1, 0.15) is 22.8 Å². The number of ketones is 2. The molecule has 0 saturated heterocycles. The largest absolute Gasteiger partial charge is 0.508 e. The third-order valence-electron chi connectivity index (χ3n) is 6.99. The normalized spacial score (nSPS) is 34.4. The Hall–Kier alpha value is -3.21. The number of amides is 1. The van der Waals surface area contributed by atoms with E-state index in [0.717, 1.165) is 0 Å². The van der Waals surface area contributed by atoms with E-state index in [1.54, 1.807) is 19.1 Å². The Morgan fingerprint density at radius 3 is 2.34 bits per heavy atom. The summed E-state index contributed by atoms with van der Waals surface area (Å²) in [5.41, 5.74) is 1.47. The number of hydrogen-bond acceptors (Lipinski definition) is 9. The average molecular weight is 444 g/mol. The second-order valence-electron chi connectivity index (χ2n) is 8.79. The van der Waals surface area contributed by atoms with Crippen molar-refractivity contribution < 1.29 is 39.9 Å². The highest BCUT2D eigenvalue weighted by molar-refractivity contribution is 6.24. The number of fused-ring (bicyclic) bond motifs is 3.